The van der Waals surface area contributed by atoms with E-state index >= 15 is 0 Å². The molecule has 1 N–H and O–H groups in total. The minimum atomic E-state index is -2.95. The minimum absolute atomic E-state index is 0.0642. The molecule has 7 heteroatoms. The zero-order chi connectivity index (χ0) is 18.2. The molecule has 0 aliphatic carbocycles. The lowest BCUT2D eigenvalue weighted by Crippen LogP contribution is -2.34. The van der Waals surface area contributed by atoms with Crippen LogP contribution in [0.4, 0.5) is 14.5 Å². The molecule has 0 spiro atoms. The van der Waals surface area contributed by atoms with Crippen molar-refractivity contribution in [1.82, 2.24) is 5.32 Å². The van der Waals surface area contributed by atoms with Gasteiger partial charge in [-0.2, -0.15) is 8.78 Å². The second kappa shape index (κ2) is 8.86. The van der Waals surface area contributed by atoms with Gasteiger partial charge in [0.2, 0.25) is 5.91 Å². The van der Waals surface area contributed by atoms with Crippen LogP contribution in [0.2, 0.25) is 0 Å². The SMILES string of the molecule is COc1ccc(CNC(=O)CN(C)c2ccccc2)cc1OC(F)F. The van der Waals surface area contributed by atoms with Crippen molar-refractivity contribution in [2.75, 3.05) is 25.6 Å². The Kier molecular flexibility index (Phi) is 6.56. The summed E-state index contributed by atoms with van der Waals surface area (Å²) >= 11 is 0. The third-order valence-corrected chi connectivity index (χ3v) is 3.51. The largest absolute Gasteiger partial charge is 0.493 e. The number of alkyl halides is 2. The normalized spacial score (nSPS) is 10.4. The highest BCUT2D eigenvalue weighted by molar-refractivity contribution is 5.81. The number of para-hydroxylation sites is 1. The van der Waals surface area contributed by atoms with E-state index in [1.165, 1.54) is 19.2 Å². The van der Waals surface area contributed by atoms with Crippen molar-refractivity contribution in [3.05, 3.63) is 54.1 Å². The fourth-order valence-electron chi connectivity index (χ4n) is 2.26. The molecule has 5 nitrogen and oxygen atoms in total. The van der Waals surface area contributed by atoms with E-state index in [9.17, 15) is 13.6 Å². The summed E-state index contributed by atoms with van der Waals surface area (Å²) in [6.45, 7) is -2.57. The number of hydrogen-bond donors (Lipinski definition) is 1. The van der Waals surface area contributed by atoms with Crippen molar-refractivity contribution in [3.8, 4) is 11.5 Å². The number of nitrogens with one attached hydrogen (secondary N) is 1. The highest BCUT2D eigenvalue weighted by Gasteiger charge is 2.12. The lowest BCUT2D eigenvalue weighted by Gasteiger charge is -2.18. The molecule has 0 heterocycles. The minimum Gasteiger partial charge on any atom is -0.493 e. The number of hydrogen-bond acceptors (Lipinski definition) is 4. The van der Waals surface area contributed by atoms with Crippen molar-refractivity contribution < 1.29 is 23.0 Å². The molecule has 0 saturated carbocycles. The molecule has 25 heavy (non-hydrogen) atoms. The summed E-state index contributed by atoms with van der Waals surface area (Å²) in [5, 5.41) is 2.75. The number of ether oxygens (including phenoxy) is 2. The van der Waals surface area contributed by atoms with E-state index in [0.29, 0.717) is 5.56 Å². The third-order valence-electron chi connectivity index (χ3n) is 3.51. The molecule has 0 bridgehead atoms. The van der Waals surface area contributed by atoms with Crippen LogP contribution in [0.3, 0.4) is 0 Å². The number of carbonyl (C=O) groups excluding carboxylic acids is 1. The number of nitrogens with zero attached hydrogens (tertiary/aromatic N) is 1. The van der Waals surface area contributed by atoms with Gasteiger partial charge in [0.1, 0.15) is 0 Å². The highest BCUT2D eigenvalue weighted by atomic mass is 19.3. The van der Waals surface area contributed by atoms with Gasteiger partial charge in [0, 0.05) is 19.3 Å². The maximum absolute atomic E-state index is 12.4. The Morgan fingerprint density at radius 1 is 1.16 bits per heavy atom. The van der Waals surface area contributed by atoms with E-state index in [-0.39, 0.29) is 30.5 Å². The summed E-state index contributed by atoms with van der Waals surface area (Å²) in [6, 6.07) is 14.1. The van der Waals surface area contributed by atoms with Gasteiger partial charge >= 0.3 is 6.61 Å². The van der Waals surface area contributed by atoms with E-state index in [1.54, 1.807) is 6.07 Å². The summed E-state index contributed by atoms with van der Waals surface area (Å²) in [4.78, 5) is 13.9. The lowest BCUT2D eigenvalue weighted by molar-refractivity contribution is -0.119. The van der Waals surface area contributed by atoms with Crippen LogP contribution in [0.15, 0.2) is 48.5 Å². The molecule has 2 rings (SSSR count). The Bertz CT molecular complexity index is 696. The summed E-state index contributed by atoms with van der Waals surface area (Å²) in [5.74, 6) is -0.0386. The van der Waals surface area contributed by atoms with Gasteiger partial charge in [-0.05, 0) is 29.8 Å². The second-order valence-corrected chi connectivity index (χ2v) is 5.33. The number of likely N-dealkylation sites (N-methyl/N-ethyl adjacent to an activating group) is 1. The number of benzene rings is 2. The Morgan fingerprint density at radius 2 is 1.88 bits per heavy atom. The van der Waals surface area contributed by atoms with Gasteiger partial charge in [0.25, 0.3) is 0 Å². The van der Waals surface area contributed by atoms with Crippen molar-refractivity contribution >= 4 is 11.6 Å². The van der Waals surface area contributed by atoms with E-state index < -0.39 is 6.61 Å². The summed E-state index contributed by atoms with van der Waals surface area (Å²) in [5.41, 5.74) is 1.56. The van der Waals surface area contributed by atoms with Crippen LogP contribution < -0.4 is 19.7 Å². The standard InChI is InChI=1S/C18H20F2N2O3/c1-22(14-6-4-3-5-7-14)12-17(23)21-11-13-8-9-15(24-2)16(10-13)25-18(19)20/h3-10,18H,11-12H2,1-2H3,(H,21,23). The Hall–Kier alpha value is -2.83. The smallest absolute Gasteiger partial charge is 0.387 e. The fourth-order valence-corrected chi connectivity index (χ4v) is 2.26. The average Bonchev–Trinajstić information content (AvgIpc) is 2.60. The van der Waals surface area contributed by atoms with E-state index in [2.05, 4.69) is 10.1 Å². The van der Waals surface area contributed by atoms with Crippen LogP contribution >= 0.6 is 0 Å². The summed E-state index contributed by atoms with van der Waals surface area (Å²) in [7, 11) is 3.19. The maximum Gasteiger partial charge on any atom is 0.387 e. The highest BCUT2D eigenvalue weighted by Crippen LogP contribution is 2.29. The number of amides is 1. The molecule has 0 unspecified atom stereocenters. The van der Waals surface area contributed by atoms with Gasteiger partial charge in [0.15, 0.2) is 11.5 Å². The van der Waals surface area contributed by atoms with Crippen LogP contribution in [0, 0.1) is 0 Å². The first-order valence-electron chi connectivity index (χ1n) is 7.64. The molecule has 0 aromatic heterocycles. The Balaban J connectivity index is 1.93. The number of carbonyl (C=O) groups is 1. The number of anilines is 1. The summed E-state index contributed by atoms with van der Waals surface area (Å²) < 4.78 is 34.3. The van der Waals surface area contributed by atoms with E-state index in [1.807, 2.05) is 42.3 Å². The zero-order valence-corrected chi connectivity index (χ0v) is 14.0. The molecule has 2 aromatic rings. The molecule has 0 aliphatic rings. The Morgan fingerprint density at radius 3 is 2.52 bits per heavy atom. The van der Waals surface area contributed by atoms with Crippen LogP contribution in [0.5, 0.6) is 11.5 Å². The second-order valence-electron chi connectivity index (χ2n) is 5.33. The molecule has 134 valence electrons. The number of methoxy groups -OCH3 is 1. The molecule has 1 amide bonds. The van der Waals surface area contributed by atoms with Crippen LogP contribution in [0.1, 0.15) is 5.56 Å². The molecule has 0 radical (unpaired) electrons. The first-order valence-corrected chi connectivity index (χ1v) is 7.64. The molecular formula is C18H20F2N2O3. The molecule has 0 aliphatic heterocycles. The maximum atomic E-state index is 12.4. The topological polar surface area (TPSA) is 50.8 Å². The first-order chi connectivity index (χ1) is 12.0. The van der Waals surface area contributed by atoms with Crippen LogP contribution in [0.25, 0.3) is 0 Å². The molecule has 0 atom stereocenters. The van der Waals surface area contributed by atoms with Crippen molar-refractivity contribution in [2.24, 2.45) is 0 Å². The number of rotatable bonds is 8. The predicted octanol–water partition coefficient (Wildman–Crippen LogP) is 3.05. The van der Waals surface area contributed by atoms with Gasteiger partial charge in [-0.25, -0.2) is 0 Å². The van der Waals surface area contributed by atoms with Gasteiger partial charge < -0.3 is 19.7 Å². The van der Waals surface area contributed by atoms with Gasteiger partial charge in [-0.3, -0.25) is 4.79 Å². The Labute approximate surface area is 145 Å². The zero-order valence-electron chi connectivity index (χ0n) is 14.0. The summed E-state index contributed by atoms with van der Waals surface area (Å²) in [6.07, 6.45) is 0. The van der Waals surface area contributed by atoms with Crippen molar-refractivity contribution in [1.29, 1.82) is 0 Å². The van der Waals surface area contributed by atoms with Gasteiger partial charge in [-0.1, -0.05) is 24.3 Å². The molecular weight excluding hydrogens is 330 g/mol. The monoisotopic (exact) mass is 350 g/mol. The average molecular weight is 350 g/mol. The predicted molar refractivity (Wildman–Crippen MR) is 91.2 cm³/mol. The molecule has 0 saturated heterocycles. The van der Waals surface area contributed by atoms with Crippen LogP contribution in [-0.4, -0.2) is 33.2 Å². The van der Waals surface area contributed by atoms with Crippen LogP contribution in [-0.2, 0) is 11.3 Å². The van der Waals surface area contributed by atoms with Gasteiger partial charge in [0.05, 0.1) is 13.7 Å². The van der Waals surface area contributed by atoms with E-state index in [0.717, 1.165) is 5.69 Å². The van der Waals surface area contributed by atoms with E-state index in [4.69, 9.17) is 4.74 Å². The van der Waals surface area contributed by atoms with Gasteiger partial charge in [-0.15, -0.1) is 0 Å². The molecule has 0 fully saturated rings. The fraction of sp³-hybridized carbons (Fsp3) is 0.278. The van der Waals surface area contributed by atoms with Crippen molar-refractivity contribution in [3.63, 3.8) is 0 Å². The number of halogens is 2. The first kappa shape index (κ1) is 18.5. The van der Waals surface area contributed by atoms with Crippen molar-refractivity contribution in [2.45, 2.75) is 13.2 Å². The third kappa shape index (κ3) is 5.63. The molecule has 2 aromatic carbocycles. The quantitative estimate of drug-likeness (QED) is 0.795. The lowest BCUT2D eigenvalue weighted by atomic mass is 10.2.